The Balaban J connectivity index is 2.04. The van der Waals surface area contributed by atoms with E-state index in [1.54, 1.807) is 0 Å². The number of hydrogen-bond donors (Lipinski definition) is 1. The predicted molar refractivity (Wildman–Crippen MR) is 52.5 cm³/mol. The number of carbonyl (C=O) groups is 1. The van der Waals surface area contributed by atoms with Gasteiger partial charge in [0.2, 0.25) is 0 Å². The average Bonchev–Trinajstić information content (AvgIpc) is 2.63. The maximum absolute atomic E-state index is 11.6. The van der Waals surface area contributed by atoms with E-state index in [-0.39, 0.29) is 5.92 Å². The lowest BCUT2D eigenvalue weighted by atomic mass is 9.84. The minimum absolute atomic E-state index is 0.275. The monoisotopic (exact) mass is 179 g/mol. The minimum atomic E-state index is 0.275. The molecule has 2 aliphatic rings. The summed E-state index contributed by atoms with van der Waals surface area (Å²) in [6, 6.07) is 0. The highest BCUT2D eigenvalue weighted by molar-refractivity contribution is 5.84. The first-order valence-electron chi connectivity index (χ1n) is 5.10. The zero-order valence-corrected chi connectivity index (χ0v) is 8.01. The van der Waals surface area contributed by atoms with Crippen LogP contribution < -0.4 is 5.32 Å². The van der Waals surface area contributed by atoms with Crippen LogP contribution in [0.3, 0.4) is 0 Å². The van der Waals surface area contributed by atoms with Crippen molar-refractivity contribution in [2.24, 2.45) is 11.3 Å². The molecule has 0 bridgehead atoms. The molecule has 2 unspecified atom stereocenters. The molecule has 0 aromatic heterocycles. The van der Waals surface area contributed by atoms with Crippen LogP contribution in [-0.4, -0.2) is 18.9 Å². The Hall–Kier alpha value is -0.630. The number of Topliss-reactive ketones (excluding diaryl/α,β-unsaturated/α-hetero) is 1. The van der Waals surface area contributed by atoms with Crippen LogP contribution in [0.2, 0.25) is 0 Å². The van der Waals surface area contributed by atoms with E-state index in [0.717, 1.165) is 32.4 Å². The third-order valence-corrected chi connectivity index (χ3v) is 3.47. The molecule has 0 aromatic rings. The molecule has 1 saturated heterocycles. The number of rotatable bonds is 2. The van der Waals surface area contributed by atoms with E-state index in [9.17, 15) is 4.79 Å². The number of nitrogens with one attached hydrogen (secondary N) is 1. The molecule has 0 aromatic carbocycles. The van der Waals surface area contributed by atoms with Crippen molar-refractivity contribution in [2.75, 3.05) is 13.1 Å². The second-order valence-electron chi connectivity index (χ2n) is 4.50. The fourth-order valence-electron chi connectivity index (χ4n) is 2.76. The molecule has 1 heterocycles. The van der Waals surface area contributed by atoms with Crippen LogP contribution in [0.25, 0.3) is 0 Å². The standard InChI is InChI=1S/C11H17NO/c1-2-3-9-6-11(7-10(9)13)4-5-12-8-11/h2,9,12H,1,3-8H2. The molecule has 2 heteroatoms. The lowest BCUT2D eigenvalue weighted by Gasteiger charge is -2.20. The first kappa shape index (κ1) is 8.95. The van der Waals surface area contributed by atoms with Gasteiger partial charge in [0, 0.05) is 18.9 Å². The molecule has 2 rings (SSSR count). The first-order valence-corrected chi connectivity index (χ1v) is 5.10. The Bertz CT molecular complexity index is 228. The van der Waals surface area contributed by atoms with Crippen molar-refractivity contribution in [1.29, 1.82) is 0 Å². The van der Waals surface area contributed by atoms with E-state index in [1.807, 2.05) is 6.08 Å². The van der Waals surface area contributed by atoms with Crippen LogP contribution in [0, 0.1) is 11.3 Å². The molecular formula is C11H17NO. The Morgan fingerprint density at radius 1 is 1.69 bits per heavy atom. The van der Waals surface area contributed by atoms with Gasteiger partial charge in [0.25, 0.3) is 0 Å². The van der Waals surface area contributed by atoms with E-state index in [2.05, 4.69) is 11.9 Å². The van der Waals surface area contributed by atoms with E-state index in [4.69, 9.17) is 0 Å². The third-order valence-electron chi connectivity index (χ3n) is 3.47. The van der Waals surface area contributed by atoms with Gasteiger partial charge in [0.1, 0.15) is 5.78 Å². The normalized spacial score (nSPS) is 38.8. The summed E-state index contributed by atoms with van der Waals surface area (Å²) in [5, 5.41) is 3.36. The zero-order valence-electron chi connectivity index (χ0n) is 8.01. The number of ketones is 1. The third kappa shape index (κ3) is 1.55. The number of allylic oxidation sites excluding steroid dienone is 1. The Morgan fingerprint density at radius 3 is 3.15 bits per heavy atom. The van der Waals surface area contributed by atoms with Crippen molar-refractivity contribution >= 4 is 5.78 Å². The fraction of sp³-hybridized carbons (Fsp3) is 0.727. The van der Waals surface area contributed by atoms with Crippen molar-refractivity contribution in [3.63, 3.8) is 0 Å². The van der Waals surface area contributed by atoms with Gasteiger partial charge in [-0.15, -0.1) is 6.58 Å². The Labute approximate surface area is 79.4 Å². The summed E-state index contributed by atoms with van der Waals surface area (Å²) < 4.78 is 0. The summed E-state index contributed by atoms with van der Waals surface area (Å²) in [5.41, 5.74) is 0.324. The summed E-state index contributed by atoms with van der Waals surface area (Å²) in [6.07, 6.45) is 5.83. The van der Waals surface area contributed by atoms with Crippen molar-refractivity contribution in [3.05, 3.63) is 12.7 Å². The summed E-state index contributed by atoms with van der Waals surface area (Å²) in [6.45, 7) is 5.85. The van der Waals surface area contributed by atoms with Crippen LogP contribution >= 0.6 is 0 Å². The van der Waals surface area contributed by atoms with Crippen molar-refractivity contribution in [3.8, 4) is 0 Å². The Morgan fingerprint density at radius 2 is 2.54 bits per heavy atom. The molecular weight excluding hydrogens is 162 g/mol. The van der Waals surface area contributed by atoms with E-state index in [0.29, 0.717) is 11.2 Å². The van der Waals surface area contributed by atoms with Gasteiger partial charge >= 0.3 is 0 Å². The lowest BCUT2D eigenvalue weighted by molar-refractivity contribution is -0.120. The summed E-state index contributed by atoms with van der Waals surface area (Å²) in [7, 11) is 0. The topological polar surface area (TPSA) is 29.1 Å². The molecule has 1 aliphatic carbocycles. The molecule has 72 valence electrons. The molecule has 2 nitrogen and oxygen atoms in total. The van der Waals surface area contributed by atoms with Crippen molar-refractivity contribution in [2.45, 2.75) is 25.7 Å². The van der Waals surface area contributed by atoms with E-state index < -0.39 is 0 Å². The first-order chi connectivity index (χ1) is 6.26. The van der Waals surface area contributed by atoms with Gasteiger partial charge in [0.15, 0.2) is 0 Å². The van der Waals surface area contributed by atoms with Crippen molar-refractivity contribution in [1.82, 2.24) is 5.32 Å². The molecule has 0 radical (unpaired) electrons. The van der Waals surface area contributed by atoms with Gasteiger partial charge in [-0.05, 0) is 31.2 Å². The predicted octanol–water partition coefficient (Wildman–Crippen LogP) is 1.52. The van der Waals surface area contributed by atoms with Crippen LogP contribution in [0.15, 0.2) is 12.7 Å². The van der Waals surface area contributed by atoms with Crippen LogP contribution in [0.1, 0.15) is 25.7 Å². The summed E-state index contributed by atoms with van der Waals surface area (Å²) >= 11 is 0. The molecule has 2 atom stereocenters. The molecule has 1 spiro atoms. The fourth-order valence-corrected chi connectivity index (χ4v) is 2.76. The second kappa shape index (κ2) is 3.26. The summed E-state index contributed by atoms with van der Waals surface area (Å²) in [5.74, 6) is 0.737. The van der Waals surface area contributed by atoms with Gasteiger partial charge < -0.3 is 5.32 Å². The number of carbonyl (C=O) groups excluding carboxylic acids is 1. The highest BCUT2D eigenvalue weighted by atomic mass is 16.1. The highest BCUT2D eigenvalue weighted by Gasteiger charge is 2.45. The minimum Gasteiger partial charge on any atom is -0.316 e. The van der Waals surface area contributed by atoms with Gasteiger partial charge in [-0.25, -0.2) is 0 Å². The highest BCUT2D eigenvalue weighted by Crippen LogP contribution is 2.44. The quantitative estimate of drug-likeness (QED) is 0.651. The largest absolute Gasteiger partial charge is 0.316 e. The SMILES string of the molecule is C=CCC1CC2(CCNC2)CC1=O. The van der Waals surface area contributed by atoms with E-state index >= 15 is 0 Å². The van der Waals surface area contributed by atoms with Crippen molar-refractivity contribution < 1.29 is 4.79 Å². The van der Waals surface area contributed by atoms with E-state index in [1.165, 1.54) is 6.42 Å². The average molecular weight is 179 g/mol. The smallest absolute Gasteiger partial charge is 0.136 e. The van der Waals surface area contributed by atoms with Crippen LogP contribution in [0.5, 0.6) is 0 Å². The molecule has 2 fully saturated rings. The maximum atomic E-state index is 11.6. The van der Waals surface area contributed by atoms with Gasteiger partial charge in [-0.2, -0.15) is 0 Å². The zero-order chi connectivity index (χ0) is 9.31. The van der Waals surface area contributed by atoms with Crippen LogP contribution in [0.4, 0.5) is 0 Å². The van der Waals surface area contributed by atoms with Gasteiger partial charge in [-0.3, -0.25) is 4.79 Å². The molecule has 13 heavy (non-hydrogen) atoms. The summed E-state index contributed by atoms with van der Waals surface area (Å²) in [4.78, 5) is 11.6. The molecule has 1 N–H and O–H groups in total. The Kier molecular flexibility index (Phi) is 2.24. The van der Waals surface area contributed by atoms with Gasteiger partial charge in [0.05, 0.1) is 0 Å². The second-order valence-corrected chi connectivity index (χ2v) is 4.50. The molecule has 1 aliphatic heterocycles. The maximum Gasteiger partial charge on any atom is 0.136 e. The van der Waals surface area contributed by atoms with Gasteiger partial charge in [-0.1, -0.05) is 6.08 Å². The lowest BCUT2D eigenvalue weighted by Crippen LogP contribution is -2.20. The molecule has 1 saturated carbocycles. The molecule has 0 amide bonds. The van der Waals surface area contributed by atoms with Crippen LogP contribution in [-0.2, 0) is 4.79 Å². The number of hydrogen-bond acceptors (Lipinski definition) is 2.